The molecule has 0 unspecified atom stereocenters. The van der Waals surface area contributed by atoms with E-state index in [4.69, 9.17) is 23.2 Å². The van der Waals surface area contributed by atoms with Crippen LogP contribution in [0.5, 0.6) is 0 Å². The first-order valence-corrected chi connectivity index (χ1v) is 6.82. The van der Waals surface area contributed by atoms with E-state index in [1.165, 1.54) is 0 Å². The highest BCUT2D eigenvalue weighted by Gasteiger charge is 2.13. The lowest BCUT2D eigenvalue weighted by atomic mass is 10.1. The Kier molecular flexibility index (Phi) is 4.53. The highest BCUT2D eigenvalue weighted by molar-refractivity contribution is 6.36. The molecule has 0 aliphatic carbocycles. The average molecular weight is 309 g/mol. The Morgan fingerprint density at radius 1 is 1.05 bits per heavy atom. The Morgan fingerprint density at radius 3 is 2.45 bits per heavy atom. The van der Waals surface area contributed by atoms with Crippen molar-refractivity contribution in [3.63, 3.8) is 0 Å². The molecule has 5 heteroatoms. The molecule has 2 rings (SSSR count). The molecule has 0 fully saturated rings. The molecule has 0 atom stereocenters. The van der Waals surface area contributed by atoms with Gasteiger partial charge in [0.1, 0.15) is 0 Å². The first kappa shape index (κ1) is 14.7. The third-order valence-corrected chi connectivity index (χ3v) is 3.66. The number of aryl methyl sites for hydroxylation is 1. The zero-order valence-corrected chi connectivity index (χ0v) is 12.6. The van der Waals surface area contributed by atoms with Crippen LogP contribution in [-0.2, 0) is 0 Å². The molecule has 0 aliphatic rings. The smallest absolute Gasteiger partial charge is 0.257 e. The molecule has 0 aliphatic heterocycles. The summed E-state index contributed by atoms with van der Waals surface area (Å²) in [4.78, 5) is 12.3. The summed E-state index contributed by atoms with van der Waals surface area (Å²) in [6.07, 6.45) is 0. The van der Waals surface area contributed by atoms with Gasteiger partial charge in [0.15, 0.2) is 0 Å². The number of halogens is 2. The van der Waals surface area contributed by atoms with E-state index in [0.29, 0.717) is 21.3 Å². The van der Waals surface area contributed by atoms with Crippen molar-refractivity contribution in [1.82, 2.24) is 0 Å². The van der Waals surface area contributed by atoms with Gasteiger partial charge in [0, 0.05) is 17.8 Å². The number of carbonyl (C=O) groups is 1. The number of nitrogens with one attached hydrogen (secondary N) is 2. The van der Waals surface area contributed by atoms with Gasteiger partial charge in [-0.2, -0.15) is 0 Å². The van der Waals surface area contributed by atoms with Crippen LogP contribution in [0.4, 0.5) is 11.4 Å². The zero-order valence-electron chi connectivity index (χ0n) is 11.1. The summed E-state index contributed by atoms with van der Waals surface area (Å²) in [5.74, 6) is -0.239. The lowest BCUT2D eigenvalue weighted by Crippen LogP contribution is -2.14. The van der Waals surface area contributed by atoms with Gasteiger partial charge < -0.3 is 10.6 Å². The summed E-state index contributed by atoms with van der Waals surface area (Å²) < 4.78 is 0. The molecule has 20 heavy (non-hydrogen) atoms. The number of rotatable bonds is 3. The van der Waals surface area contributed by atoms with E-state index in [0.717, 1.165) is 11.3 Å². The summed E-state index contributed by atoms with van der Waals surface area (Å²) in [7, 11) is 1.77. The molecule has 0 spiro atoms. The standard InChI is InChI=1S/C15H14Cl2N2O/c1-9-7-12(17)14(8-11(9)16)19-15(20)10-5-3-4-6-13(10)18-2/h3-8,18H,1-2H3,(H,19,20). The highest BCUT2D eigenvalue weighted by atomic mass is 35.5. The molecule has 2 N–H and O–H groups in total. The summed E-state index contributed by atoms with van der Waals surface area (Å²) in [5, 5.41) is 6.77. The second kappa shape index (κ2) is 6.16. The van der Waals surface area contributed by atoms with E-state index in [1.807, 2.05) is 19.1 Å². The SMILES string of the molecule is CNc1ccccc1C(=O)Nc1cc(Cl)c(C)cc1Cl. The summed E-state index contributed by atoms with van der Waals surface area (Å²) in [5.41, 5.74) is 2.66. The van der Waals surface area contributed by atoms with E-state index in [9.17, 15) is 4.79 Å². The molecule has 1 amide bonds. The normalized spacial score (nSPS) is 10.2. The molecule has 0 saturated carbocycles. The number of para-hydroxylation sites is 1. The van der Waals surface area contributed by atoms with Gasteiger partial charge in [0.25, 0.3) is 5.91 Å². The van der Waals surface area contributed by atoms with Crippen LogP contribution in [0.2, 0.25) is 10.0 Å². The van der Waals surface area contributed by atoms with Crippen LogP contribution in [0.1, 0.15) is 15.9 Å². The molecule has 0 bridgehead atoms. The van der Waals surface area contributed by atoms with Gasteiger partial charge >= 0.3 is 0 Å². The van der Waals surface area contributed by atoms with Crippen LogP contribution < -0.4 is 10.6 Å². The maximum absolute atomic E-state index is 12.3. The Morgan fingerprint density at radius 2 is 1.75 bits per heavy atom. The Balaban J connectivity index is 2.30. The van der Waals surface area contributed by atoms with Crippen molar-refractivity contribution in [3.8, 4) is 0 Å². The second-order valence-corrected chi connectivity index (χ2v) is 5.15. The van der Waals surface area contributed by atoms with Crippen molar-refractivity contribution in [2.24, 2.45) is 0 Å². The van der Waals surface area contributed by atoms with E-state index < -0.39 is 0 Å². The van der Waals surface area contributed by atoms with Crippen LogP contribution in [0.15, 0.2) is 36.4 Å². The van der Waals surface area contributed by atoms with Gasteiger partial charge in [0.2, 0.25) is 0 Å². The van der Waals surface area contributed by atoms with Crippen LogP contribution in [0.3, 0.4) is 0 Å². The number of benzene rings is 2. The maximum Gasteiger partial charge on any atom is 0.257 e. The number of anilines is 2. The average Bonchev–Trinajstić information content (AvgIpc) is 2.44. The minimum Gasteiger partial charge on any atom is -0.387 e. The van der Waals surface area contributed by atoms with Crippen molar-refractivity contribution in [2.75, 3.05) is 17.7 Å². The fourth-order valence-electron chi connectivity index (χ4n) is 1.83. The van der Waals surface area contributed by atoms with Crippen LogP contribution in [0, 0.1) is 6.92 Å². The quantitative estimate of drug-likeness (QED) is 0.870. The lowest BCUT2D eigenvalue weighted by Gasteiger charge is -2.12. The van der Waals surface area contributed by atoms with Gasteiger partial charge in [-0.05, 0) is 36.8 Å². The number of carbonyl (C=O) groups excluding carboxylic acids is 1. The van der Waals surface area contributed by atoms with Gasteiger partial charge in [-0.3, -0.25) is 4.79 Å². The van der Waals surface area contributed by atoms with E-state index in [-0.39, 0.29) is 5.91 Å². The van der Waals surface area contributed by atoms with Crippen LogP contribution >= 0.6 is 23.2 Å². The highest BCUT2D eigenvalue weighted by Crippen LogP contribution is 2.29. The number of hydrogen-bond donors (Lipinski definition) is 2. The van der Waals surface area contributed by atoms with Gasteiger partial charge in [-0.15, -0.1) is 0 Å². The molecule has 0 radical (unpaired) electrons. The van der Waals surface area contributed by atoms with Crippen molar-refractivity contribution in [2.45, 2.75) is 6.92 Å². The van der Waals surface area contributed by atoms with E-state index in [2.05, 4.69) is 10.6 Å². The Bertz CT molecular complexity index is 656. The maximum atomic E-state index is 12.3. The molecular formula is C15H14Cl2N2O. The predicted molar refractivity (Wildman–Crippen MR) is 85.1 cm³/mol. The number of hydrogen-bond acceptors (Lipinski definition) is 2. The second-order valence-electron chi connectivity index (χ2n) is 4.33. The summed E-state index contributed by atoms with van der Waals surface area (Å²) in [6, 6.07) is 10.6. The van der Waals surface area contributed by atoms with Crippen LogP contribution in [-0.4, -0.2) is 13.0 Å². The van der Waals surface area contributed by atoms with Crippen molar-refractivity contribution in [3.05, 3.63) is 57.6 Å². The van der Waals surface area contributed by atoms with Crippen molar-refractivity contribution < 1.29 is 4.79 Å². The first-order valence-electron chi connectivity index (χ1n) is 6.06. The molecule has 0 saturated heterocycles. The van der Waals surface area contributed by atoms with Gasteiger partial charge in [-0.25, -0.2) is 0 Å². The number of amides is 1. The fourth-order valence-corrected chi connectivity index (χ4v) is 2.26. The topological polar surface area (TPSA) is 41.1 Å². The lowest BCUT2D eigenvalue weighted by molar-refractivity contribution is 0.102. The van der Waals surface area contributed by atoms with Gasteiger partial charge in [0.05, 0.1) is 16.3 Å². The Labute approximate surface area is 127 Å². The van der Waals surface area contributed by atoms with Crippen LogP contribution in [0.25, 0.3) is 0 Å². The monoisotopic (exact) mass is 308 g/mol. The minimum atomic E-state index is -0.239. The third-order valence-electron chi connectivity index (χ3n) is 2.94. The minimum absolute atomic E-state index is 0.239. The Hall–Kier alpha value is -1.71. The molecule has 3 nitrogen and oxygen atoms in total. The molecule has 104 valence electrons. The molecule has 2 aromatic rings. The molecule has 0 heterocycles. The van der Waals surface area contributed by atoms with Crippen molar-refractivity contribution in [1.29, 1.82) is 0 Å². The molecule has 2 aromatic carbocycles. The third kappa shape index (κ3) is 3.06. The van der Waals surface area contributed by atoms with Gasteiger partial charge in [-0.1, -0.05) is 35.3 Å². The molecule has 0 aromatic heterocycles. The zero-order chi connectivity index (χ0) is 14.7. The van der Waals surface area contributed by atoms with Crippen molar-refractivity contribution >= 4 is 40.5 Å². The summed E-state index contributed by atoms with van der Waals surface area (Å²) in [6.45, 7) is 1.86. The summed E-state index contributed by atoms with van der Waals surface area (Å²) >= 11 is 12.2. The van der Waals surface area contributed by atoms with E-state index in [1.54, 1.807) is 31.3 Å². The predicted octanol–water partition coefficient (Wildman–Crippen LogP) is 4.60. The largest absolute Gasteiger partial charge is 0.387 e. The first-order chi connectivity index (χ1) is 9.52. The fraction of sp³-hybridized carbons (Fsp3) is 0.133. The van der Waals surface area contributed by atoms with E-state index >= 15 is 0 Å². The molecular weight excluding hydrogens is 295 g/mol.